The molecule has 2 rings (SSSR count). The number of pyridine rings is 1. The summed E-state index contributed by atoms with van der Waals surface area (Å²) in [7, 11) is 1.46. The van der Waals surface area contributed by atoms with Crippen LogP contribution in [0, 0.1) is 6.92 Å². The van der Waals surface area contributed by atoms with Crippen molar-refractivity contribution in [3.8, 4) is 11.5 Å². The first-order chi connectivity index (χ1) is 11.9. The normalized spacial score (nSPS) is 10.2. The molecule has 25 heavy (non-hydrogen) atoms. The van der Waals surface area contributed by atoms with Gasteiger partial charge in [-0.25, -0.2) is 0 Å². The van der Waals surface area contributed by atoms with Crippen molar-refractivity contribution in [3.63, 3.8) is 0 Å². The van der Waals surface area contributed by atoms with Gasteiger partial charge in [0.15, 0.2) is 18.1 Å². The molecule has 0 aliphatic carbocycles. The van der Waals surface area contributed by atoms with Gasteiger partial charge in [-0.1, -0.05) is 6.07 Å². The molecule has 0 fully saturated rings. The molecule has 0 saturated heterocycles. The molecule has 0 aliphatic rings. The average molecular weight is 345 g/mol. The van der Waals surface area contributed by atoms with Gasteiger partial charge in [0, 0.05) is 12.2 Å². The van der Waals surface area contributed by atoms with Gasteiger partial charge >= 0.3 is 0 Å². The van der Waals surface area contributed by atoms with Gasteiger partial charge in [-0.15, -0.1) is 0 Å². The number of rotatable bonds is 7. The number of aryl methyl sites for hydroxylation is 1. The lowest BCUT2D eigenvalue weighted by atomic mass is 10.2. The average Bonchev–Trinajstić information content (AvgIpc) is 2.58. The van der Waals surface area contributed by atoms with Gasteiger partial charge in [-0.05, 0) is 36.8 Å². The number of hydrogen-bond acceptors (Lipinski definition) is 5. The molecule has 4 N–H and O–H groups in total. The van der Waals surface area contributed by atoms with Crippen LogP contribution in [-0.4, -0.2) is 30.5 Å². The lowest BCUT2D eigenvalue weighted by Gasteiger charge is -2.11. The van der Waals surface area contributed by atoms with E-state index in [-0.39, 0.29) is 18.7 Å². The number of amides is 2. The third kappa shape index (κ3) is 4.84. The number of hydrogen-bond donors (Lipinski definition) is 3. The van der Waals surface area contributed by atoms with Crippen molar-refractivity contribution < 1.29 is 19.1 Å². The largest absolute Gasteiger partial charge is 0.493 e. The van der Waals surface area contributed by atoms with E-state index >= 15 is 0 Å². The van der Waals surface area contributed by atoms with Gasteiger partial charge in [0.05, 0.1) is 7.11 Å². The highest BCUT2D eigenvalue weighted by Crippen LogP contribution is 2.27. The van der Waals surface area contributed by atoms with Crippen LogP contribution in [-0.2, 0) is 11.3 Å². The molecule has 1 aromatic heterocycles. The highest BCUT2D eigenvalue weighted by Gasteiger charge is 2.11. The topological polar surface area (TPSA) is 124 Å². The highest BCUT2D eigenvalue weighted by molar-refractivity contribution is 5.93. The Morgan fingerprint density at radius 3 is 2.60 bits per heavy atom. The van der Waals surface area contributed by atoms with Crippen LogP contribution in [0.3, 0.4) is 0 Å². The summed E-state index contributed by atoms with van der Waals surface area (Å²) in [5, 5.41) is 2.67. The van der Waals surface area contributed by atoms with Crippen LogP contribution in [0.25, 0.3) is 0 Å². The van der Waals surface area contributed by atoms with E-state index in [2.05, 4.69) is 10.3 Å². The van der Waals surface area contributed by atoms with Crippen molar-refractivity contribution in [2.75, 3.05) is 13.7 Å². The second kappa shape index (κ2) is 8.00. The number of carbonyl (C=O) groups is 2. The van der Waals surface area contributed by atoms with Crippen molar-refractivity contribution in [3.05, 3.63) is 57.5 Å². The lowest BCUT2D eigenvalue weighted by molar-refractivity contribution is -0.119. The van der Waals surface area contributed by atoms with Gasteiger partial charge in [0.1, 0.15) is 5.56 Å². The second-order valence-corrected chi connectivity index (χ2v) is 5.31. The molecule has 0 bridgehead atoms. The molecule has 2 amide bonds. The van der Waals surface area contributed by atoms with Gasteiger partial charge in [0.2, 0.25) is 0 Å². The van der Waals surface area contributed by atoms with E-state index in [1.807, 2.05) is 0 Å². The SMILES string of the molecule is COc1cc(CNC(=O)c2ccc(C)[nH]c2=O)ccc1OCC(N)=O. The van der Waals surface area contributed by atoms with Crippen LogP contribution in [0.2, 0.25) is 0 Å². The molecule has 0 spiro atoms. The maximum Gasteiger partial charge on any atom is 0.260 e. The molecule has 8 nitrogen and oxygen atoms in total. The number of nitrogens with two attached hydrogens (primary N) is 1. The van der Waals surface area contributed by atoms with E-state index < -0.39 is 17.4 Å². The first-order valence-electron chi connectivity index (χ1n) is 7.47. The van der Waals surface area contributed by atoms with Crippen molar-refractivity contribution in [1.82, 2.24) is 10.3 Å². The van der Waals surface area contributed by atoms with Gasteiger partial charge in [0.25, 0.3) is 17.4 Å². The Hall–Kier alpha value is -3.29. The van der Waals surface area contributed by atoms with Crippen LogP contribution >= 0.6 is 0 Å². The predicted molar refractivity (Wildman–Crippen MR) is 90.7 cm³/mol. The molecule has 1 heterocycles. The summed E-state index contributed by atoms with van der Waals surface area (Å²) >= 11 is 0. The first kappa shape index (κ1) is 18.1. The molecule has 0 atom stereocenters. The van der Waals surface area contributed by atoms with Crippen molar-refractivity contribution in [1.29, 1.82) is 0 Å². The minimum absolute atomic E-state index is 0.0407. The smallest absolute Gasteiger partial charge is 0.260 e. The number of primary amides is 1. The minimum Gasteiger partial charge on any atom is -0.493 e. The zero-order chi connectivity index (χ0) is 18.4. The molecular weight excluding hydrogens is 326 g/mol. The van der Waals surface area contributed by atoms with E-state index in [4.69, 9.17) is 15.2 Å². The van der Waals surface area contributed by atoms with Crippen molar-refractivity contribution in [2.24, 2.45) is 5.73 Å². The van der Waals surface area contributed by atoms with E-state index in [9.17, 15) is 14.4 Å². The Morgan fingerprint density at radius 1 is 1.20 bits per heavy atom. The maximum atomic E-state index is 12.1. The molecular formula is C17H19N3O5. The zero-order valence-corrected chi connectivity index (χ0v) is 13.9. The van der Waals surface area contributed by atoms with E-state index in [0.717, 1.165) is 5.56 Å². The summed E-state index contributed by atoms with van der Waals surface area (Å²) in [4.78, 5) is 37.2. The number of benzene rings is 1. The number of H-pyrrole nitrogens is 1. The van der Waals surface area contributed by atoms with Gasteiger partial charge < -0.3 is 25.5 Å². The van der Waals surface area contributed by atoms with Crippen LogP contribution in [0.4, 0.5) is 0 Å². The Bertz CT molecular complexity index is 844. The fraction of sp³-hybridized carbons (Fsp3) is 0.235. The van der Waals surface area contributed by atoms with Crippen LogP contribution < -0.4 is 26.1 Å². The van der Waals surface area contributed by atoms with Crippen LogP contribution in [0.15, 0.2) is 35.1 Å². The monoisotopic (exact) mass is 345 g/mol. The summed E-state index contributed by atoms with van der Waals surface area (Å²) in [5.41, 5.74) is 6.06. The standard InChI is InChI=1S/C17H19N3O5/c1-10-3-5-12(17(23)20-10)16(22)19-8-11-4-6-13(14(7-11)24-2)25-9-15(18)21/h3-7H,8-9H2,1-2H3,(H2,18,21)(H,19,22)(H,20,23). The molecule has 0 saturated carbocycles. The van der Waals surface area contributed by atoms with Crippen molar-refractivity contribution >= 4 is 11.8 Å². The Balaban J connectivity index is 2.06. The quantitative estimate of drug-likeness (QED) is 0.674. The van der Waals surface area contributed by atoms with E-state index in [1.54, 1.807) is 31.2 Å². The van der Waals surface area contributed by atoms with Crippen molar-refractivity contribution in [2.45, 2.75) is 13.5 Å². The number of methoxy groups -OCH3 is 1. The summed E-state index contributed by atoms with van der Waals surface area (Å²) in [6, 6.07) is 8.12. The number of aromatic nitrogens is 1. The fourth-order valence-corrected chi connectivity index (χ4v) is 2.12. The summed E-state index contributed by atoms with van der Waals surface area (Å²) < 4.78 is 10.4. The highest BCUT2D eigenvalue weighted by atomic mass is 16.5. The molecule has 0 aliphatic heterocycles. The number of carbonyl (C=O) groups excluding carboxylic acids is 2. The first-order valence-corrected chi connectivity index (χ1v) is 7.47. The molecule has 132 valence electrons. The summed E-state index contributed by atoms with van der Waals surface area (Å²) in [6.45, 7) is 1.67. The summed E-state index contributed by atoms with van der Waals surface area (Å²) in [6.07, 6.45) is 0. The Labute approximate surface area is 143 Å². The number of ether oxygens (including phenoxy) is 2. The lowest BCUT2D eigenvalue weighted by Crippen LogP contribution is -2.29. The third-order valence-corrected chi connectivity index (χ3v) is 3.35. The van der Waals surface area contributed by atoms with E-state index in [0.29, 0.717) is 17.2 Å². The van der Waals surface area contributed by atoms with Crippen LogP contribution in [0.1, 0.15) is 21.6 Å². The zero-order valence-electron chi connectivity index (χ0n) is 13.9. The number of aromatic amines is 1. The van der Waals surface area contributed by atoms with E-state index in [1.165, 1.54) is 13.2 Å². The summed E-state index contributed by atoms with van der Waals surface area (Å²) in [5.74, 6) is -0.302. The van der Waals surface area contributed by atoms with Crippen LogP contribution in [0.5, 0.6) is 11.5 Å². The molecule has 2 aromatic rings. The van der Waals surface area contributed by atoms with Gasteiger partial charge in [-0.2, -0.15) is 0 Å². The molecule has 8 heteroatoms. The Morgan fingerprint density at radius 2 is 1.96 bits per heavy atom. The fourth-order valence-electron chi connectivity index (χ4n) is 2.12. The Kier molecular flexibility index (Phi) is 5.78. The third-order valence-electron chi connectivity index (χ3n) is 3.35. The number of nitrogens with one attached hydrogen (secondary N) is 2. The molecule has 1 aromatic carbocycles. The molecule has 0 radical (unpaired) electrons. The predicted octanol–water partition coefficient (Wildman–Crippen LogP) is 0.486. The minimum atomic E-state index is -0.596. The maximum absolute atomic E-state index is 12.1. The van der Waals surface area contributed by atoms with Gasteiger partial charge in [-0.3, -0.25) is 14.4 Å². The molecule has 0 unspecified atom stereocenters. The second-order valence-electron chi connectivity index (χ2n) is 5.31.